The second-order valence-electron chi connectivity index (χ2n) is 6.66. The van der Waals surface area contributed by atoms with Crippen molar-refractivity contribution in [2.75, 3.05) is 26.2 Å². The molecule has 1 aromatic rings. The van der Waals surface area contributed by atoms with Crippen LogP contribution in [-0.2, 0) is 15.0 Å². The van der Waals surface area contributed by atoms with Gasteiger partial charge >= 0.3 is 0 Å². The highest BCUT2D eigenvalue weighted by Gasteiger charge is 2.37. The SMILES string of the molecule is CC(C)(C(=O)N1CCCC(C(=O)NCCN)C1)c1ccccc1.Cl. The Balaban J connectivity index is 0.00000288. The van der Waals surface area contributed by atoms with Crippen molar-refractivity contribution < 1.29 is 9.59 Å². The van der Waals surface area contributed by atoms with Crippen LogP contribution in [0.3, 0.4) is 0 Å². The van der Waals surface area contributed by atoms with Gasteiger partial charge in [0.25, 0.3) is 0 Å². The van der Waals surface area contributed by atoms with E-state index < -0.39 is 5.41 Å². The highest BCUT2D eigenvalue weighted by Crippen LogP contribution is 2.28. The molecule has 2 rings (SSSR count). The predicted molar refractivity (Wildman–Crippen MR) is 98.1 cm³/mol. The van der Waals surface area contributed by atoms with Gasteiger partial charge in [0.2, 0.25) is 11.8 Å². The first kappa shape index (κ1) is 20.5. The first-order valence-electron chi connectivity index (χ1n) is 8.29. The number of hydrogen-bond donors (Lipinski definition) is 2. The third-order valence-corrected chi connectivity index (χ3v) is 4.55. The second-order valence-corrected chi connectivity index (χ2v) is 6.66. The molecule has 0 saturated carbocycles. The van der Waals surface area contributed by atoms with Crippen molar-refractivity contribution >= 4 is 24.2 Å². The van der Waals surface area contributed by atoms with Crippen LogP contribution < -0.4 is 11.1 Å². The molecule has 1 unspecified atom stereocenters. The number of likely N-dealkylation sites (tertiary alicyclic amines) is 1. The maximum absolute atomic E-state index is 13.0. The molecule has 0 aliphatic carbocycles. The third kappa shape index (κ3) is 4.71. The third-order valence-electron chi connectivity index (χ3n) is 4.55. The molecule has 0 bridgehead atoms. The van der Waals surface area contributed by atoms with Gasteiger partial charge in [-0.3, -0.25) is 9.59 Å². The van der Waals surface area contributed by atoms with Crippen LogP contribution in [0.15, 0.2) is 30.3 Å². The quantitative estimate of drug-likeness (QED) is 0.846. The Kier molecular flexibility index (Phi) is 7.70. The van der Waals surface area contributed by atoms with Crippen LogP contribution in [0.25, 0.3) is 0 Å². The maximum atomic E-state index is 13.0. The molecule has 3 N–H and O–H groups in total. The molecule has 1 aliphatic rings. The monoisotopic (exact) mass is 353 g/mol. The van der Waals surface area contributed by atoms with Gasteiger partial charge in [-0.25, -0.2) is 0 Å². The topological polar surface area (TPSA) is 75.4 Å². The van der Waals surface area contributed by atoms with E-state index in [4.69, 9.17) is 5.73 Å². The van der Waals surface area contributed by atoms with Crippen molar-refractivity contribution in [3.05, 3.63) is 35.9 Å². The van der Waals surface area contributed by atoms with Gasteiger partial charge in [-0.2, -0.15) is 0 Å². The van der Waals surface area contributed by atoms with E-state index in [1.54, 1.807) is 0 Å². The molecule has 1 saturated heterocycles. The van der Waals surface area contributed by atoms with E-state index in [2.05, 4.69) is 5.32 Å². The van der Waals surface area contributed by atoms with Gasteiger partial charge in [-0.15, -0.1) is 12.4 Å². The van der Waals surface area contributed by atoms with Crippen LogP contribution in [0.4, 0.5) is 0 Å². The first-order chi connectivity index (χ1) is 11.0. The van der Waals surface area contributed by atoms with E-state index in [1.165, 1.54) is 0 Å². The van der Waals surface area contributed by atoms with E-state index in [1.807, 2.05) is 49.1 Å². The number of hydrogen-bond acceptors (Lipinski definition) is 3. The minimum atomic E-state index is -0.586. The Morgan fingerprint density at radius 3 is 2.58 bits per heavy atom. The van der Waals surface area contributed by atoms with Crippen LogP contribution >= 0.6 is 12.4 Å². The van der Waals surface area contributed by atoms with Gasteiger partial charge < -0.3 is 16.0 Å². The number of rotatable bonds is 5. The number of piperidine rings is 1. The highest BCUT2D eigenvalue weighted by atomic mass is 35.5. The largest absolute Gasteiger partial charge is 0.355 e. The van der Waals surface area contributed by atoms with Crippen molar-refractivity contribution in [2.45, 2.75) is 32.1 Å². The van der Waals surface area contributed by atoms with Crippen molar-refractivity contribution in [3.8, 4) is 0 Å². The standard InChI is InChI=1S/C18H27N3O2.ClH/c1-18(2,15-8-4-3-5-9-15)17(23)21-12-6-7-14(13-21)16(22)20-11-10-19;/h3-5,8-9,14H,6-7,10-13,19H2,1-2H3,(H,20,22);1H. The lowest BCUT2D eigenvalue weighted by Gasteiger charge is -2.37. The zero-order valence-corrected chi connectivity index (χ0v) is 15.3. The van der Waals surface area contributed by atoms with Gasteiger partial charge in [0.15, 0.2) is 0 Å². The van der Waals surface area contributed by atoms with E-state index in [0.29, 0.717) is 19.6 Å². The number of carbonyl (C=O) groups is 2. The molecule has 1 aromatic carbocycles. The summed E-state index contributed by atoms with van der Waals surface area (Å²) < 4.78 is 0. The zero-order valence-electron chi connectivity index (χ0n) is 14.5. The molecule has 0 spiro atoms. The molecular weight excluding hydrogens is 326 g/mol. The van der Waals surface area contributed by atoms with E-state index in [-0.39, 0.29) is 30.1 Å². The van der Waals surface area contributed by atoms with Gasteiger partial charge in [0.05, 0.1) is 11.3 Å². The molecular formula is C18H28ClN3O2. The van der Waals surface area contributed by atoms with E-state index in [0.717, 1.165) is 24.9 Å². The van der Waals surface area contributed by atoms with Gasteiger partial charge in [-0.1, -0.05) is 30.3 Å². The van der Waals surface area contributed by atoms with E-state index >= 15 is 0 Å². The highest BCUT2D eigenvalue weighted by molar-refractivity contribution is 5.88. The Labute approximate surface area is 150 Å². The van der Waals surface area contributed by atoms with Crippen molar-refractivity contribution in [3.63, 3.8) is 0 Å². The molecule has 6 heteroatoms. The summed E-state index contributed by atoms with van der Waals surface area (Å²) in [4.78, 5) is 27.0. The van der Waals surface area contributed by atoms with Crippen LogP contribution in [0.2, 0.25) is 0 Å². The average molecular weight is 354 g/mol. The molecule has 5 nitrogen and oxygen atoms in total. The number of nitrogens with one attached hydrogen (secondary N) is 1. The Morgan fingerprint density at radius 1 is 1.29 bits per heavy atom. The van der Waals surface area contributed by atoms with Crippen LogP contribution in [0.1, 0.15) is 32.3 Å². The summed E-state index contributed by atoms with van der Waals surface area (Å²) in [5.41, 5.74) is 5.84. The summed E-state index contributed by atoms with van der Waals surface area (Å²) in [5, 5.41) is 2.83. The molecule has 0 radical (unpaired) electrons. The molecule has 1 atom stereocenters. The zero-order chi connectivity index (χ0) is 16.9. The maximum Gasteiger partial charge on any atom is 0.232 e. The molecule has 1 heterocycles. The van der Waals surface area contributed by atoms with Crippen LogP contribution in [-0.4, -0.2) is 42.9 Å². The van der Waals surface area contributed by atoms with Crippen molar-refractivity contribution in [1.82, 2.24) is 10.2 Å². The molecule has 1 aliphatic heterocycles. The van der Waals surface area contributed by atoms with Crippen molar-refractivity contribution in [2.24, 2.45) is 11.7 Å². The van der Waals surface area contributed by atoms with Crippen LogP contribution in [0, 0.1) is 5.92 Å². The van der Waals surface area contributed by atoms with Gasteiger partial charge in [0.1, 0.15) is 0 Å². The van der Waals surface area contributed by atoms with Crippen LogP contribution in [0.5, 0.6) is 0 Å². The first-order valence-corrected chi connectivity index (χ1v) is 8.29. The number of amides is 2. The fourth-order valence-electron chi connectivity index (χ4n) is 3.09. The minimum Gasteiger partial charge on any atom is -0.355 e. The molecule has 0 aromatic heterocycles. The average Bonchev–Trinajstić information content (AvgIpc) is 2.59. The smallest absolute Gasteiger partial charge is 0.232 e. The Morgan fingerprint density at radius 2 is 1.96 bits per heavy atom. The fraction of sp³-hybridized carbons (Fsp3) is 0.556. The van der Waals surface area contributed by atoms with E-state index in [9.17, 15) is 9.59 Å². The summed E-state index contributed by atoms with van der Waals surface area (Å²) in [5.74, 6) is -0.0451. The Bertz CT molecular complexity index is 548. The Hall–Kier alpha value is -1.59. The lowest BCUT2D eigenvalue weighted by molar-refractivity contribution is -0.140. The molecule has 1 fully saturated rings. The molecule has 24 heavy (non-hydrogen) atoms. The number of halogens is 1. The number of nitrogens with zero attached hydrogens (tertiary/aromatic N) is 1. The number of nitrogens with two attached hydrogens (primary N) is 1. The summed E-state index contributed by atoms with van der Waals surface area (Å²) >= 11 is 0. The minimum absolute atomic E-state index is 0. The lowest BCUT2D eigenvalue weighted by atomic mass is 9.82. The number of benzene rings is 1. The summed E-state index contributed by atoms with van der Waals surface area (Å²) in [6.07, 6.45) is 1.68. The molecule has 134 valence electrons. The summed E-state index contributed by atoms with van der Waals surface area (Å²) in [6.45, 7) is 6.02. The summed E-state index contributed by atoms with van der Waals surface area (Å²) in [7, 11) is 0. The fourth-order valence-corrected chi connectivity index (χ4v) is 3.09. The lowest BCUT2D eigenvalue weighted by Crippen LogP contribution is -2.50. The number of carbonyl (C=O) groups excluding carboxylic acids is 2. The second kappa shape index (κ2) is 9.04. The normalized spacial score (nSPS) is 17.8. The van der Waals surface area contributed by atoms with Gasteiger partial charge in [0, 0.05) is 26.2 Å². The predicted octanol–water partition coefficient (Wildman–Crippen LogP) is 1.70. The summed E-state index contributed by atoms with van der Waals surface area (Å²) in [6, 6.07) is 9.80. The molecule has 2 amide bonds. The van der Waals surface area contributed by atoms with Crippen molar-refractivity contribution in [1.29, 1.82) is 0 Å². The van der Waals surface area contributed by atoms with Gasteiger partial charge in [-0.05, 0) is 32.3 Å².